The lowest BCUT2D eigenvalue weighted by Crippen LogP contribution is -2.41. The lowest BCUT2D eigenvalue weighted by Gasteiger charge is -2.20. The summed E-state index contributed by atoms with van der Waals surface area (Å²) >= 11 is 1.42. The second-order valence-electron chi connectivity index (χ2n) is 7.48. The van der Waals surface area contributed by atoms with Crippen LogP contribution in [0.25, 0.3) is 22.3 Å². The minimum Gasteiger partial charge on any atom is -0.351 e. The van der Waals surface area contributed by atoms with Crippen molar-refractivity contribution in [1.82, 2.24) is 24.6 Å². The number of aryl methyl sites for hydroxylation is 1. The molecule has 0 spiro atoms. The molecule has 1 amide bonds. The number of carbonyl (C=O) groups is 1. The number of aromatic nitrogens is 4. The zero-order valence-corrected chi connectivity index (χ0v) is 17.4. The maximum Gasteiger partial charge on any atom is 0.230 e. The van der Waals surface area contributed by atoms with Gasteiger partial charge < -0.3 is 14.5 Å². The van der Waals surface area contributed by atoms with Crippen molar-refractivity contribution in [3.8, 4) is 11.4 Å². The van der Waals surface area contributed by atoms with E-state index < -0.39 is 0 Å². The molecule has 2 aromatic heterocycles. The van der Waals surface area contributed by atoms with E-state index in [-0.39, 0.29) is 11.4 Å². The molecular formula is C20H27N5OS. The van der Waals surface area contributed by atoms with Crippen molar-refractivity contribution in [3.63, 3.8) is 0 Å². The Morgan fingerprint density at radius 2 is 1.89 bits per heavy atom. The molecule has 7 heteroatoms. The van der Waals surface area contributed by atoms with Gasteiger partial charge in [0.1, 0.15) is 0 Å². The molecule has 0 aliphatic carbocycles. The summed E-state index contributed by atoms with van der Waals surface area (Å²) in [6.07, 6.45) is 2.14. The Bertz CT molecular complexity index is 951. The molecule has 6 nitrogen and oxygen atoms in total. The predicted octanol–water partition coefficient (Wildman–Crippen LogP) is 3.95. The number of fused-ring (bicyclic) bond motifs is 1. The van der Waals surface area contributed by atoms with Crippen LogP contribution in [0.3, 0.4) is 0 Å². The van der Waals surface area contributed by atoms with Gasteiger partial charge in [-0.1, -0.05) is 30.0 Å². The highest BCUT2D eigenvalue weighted by Gasteiger charge is 2.19. The Morgan fingerprint density at radius 3 is 2.56 bits per heavy atom. The molecule has 0 unspecified atom stereocenters. The number of benzene rings is 1. The highest BCUT2D eigenvalue weighted by atomic mass is 32.2. The summed E-state index contributed by atoms with van der Waals surface area (Å²) in [5, 5.41) is 13.7. The van der Waals surface area contributed by atoms with Crippen molar-refractivity contribution in [3.05, 3.63) is 30.5 Å². The van der Waals surface area contributed by atoms with Gasteiger partial charge in [-0.2, -0.15) is 0 Å². The Kier molecular flexibility index (Phi) is 5.60. The Morgan fingerprint density at radius 1 is 1.15 bits per heavy atom. The molecule has 0 aliphatic rings. The van der Waals surface area contributed by atoms with Crippen LogP contribution in [0, 0.1) is 0 Å². The Balaban J connectivity index is 1.90. The minimum atomic E-state index is -0.233. The zero-order chi connectivity index (χ0) is 19.6. The lowest BCUT2D eigenvalue weighted by molar-refractivity contribution is -0.119. The summed E-state index contributed by atoms with van der Waals surface area (Å²) in [5.74, 6) is 1.17. The van der Waals surface area contributed by atoms with Crippen LogP contribution in [0.15, 0.2) is 35.6 Å². The molecule has 1 N–H and O–H groups in total. The second kappa shape index (κ2) is 7.76. The topological polar surface area (TPSA) is 64.7 Å². The van der Waals surface area contributed by atoms with Gasteiger partial charge in [0.15, 0.2) is 11.0 Å². The monoisotopic (exact) mass is 385 g/mol. The van der Waals surface area contributed by atoms with E-state index in [0.717, 1.165) is 29.6 Å². The summed E-state index contributed by atoms with van der Waals surface area (Å²) in [6, 6.07) is 8.35. The summed E-state index contributed by atoms with van der Waals surface area (Å²) in [6.45, 7) is 11.8. The number of thioether (sulfide) groups is 1. The molecule has 144 valence electrons. The van der Waals surface area contributed by atoms with Crippen molar-refractivity contribution < 1.29 is 4.79 Å². The normalized spacial score (nSPS) is 11.9. The average molecular weight is 386 g/mol. The lowest BCUT2D eigenvalue weighted by atomic mass is 10.1. The van der Waals surface area contributed by atoms with Crippen LogP contribution in [0.2, 0.25) is 0 Å². The van der Waals surface area contributed by atoms with Crippen molar-refractivity contribution in [2.24, 2.45) is 0 Å². The first-order chi connectivity index (χ1) is 12.8. The fraction of sp³-hybridized carbons (Fsp3) is 0.450. The molecular weight excluding hydrogens is 358 g/mol. The minimum absolute atomic E-state index is 0.00212. The summed E-state index contributed by atoms with van der Waals surface area (Å²) in [7, 11) is 0. The molecule has 0 bridgehead atoms. The van der Waals surface area contributed by atoms with Crippen molar-refractivity contribution >= 4 is 28.6 Å². The zero-order valence-electron chi connectivity index (χ0n) is 16.6. The van der Waals surface area contributed by atoms with Crippen LogP contribution in [0.5, 0.6) is 0 Å². The van der Waals surface area contributed by atoms with E-state index in [0.29, 0.717) is 5.75 Å². The summed E-state index contributed by atoms with van der Waals surface area (Å²) in [4.78, 5) is 12.1. The quantitative estimate of drug-likeness (QED) is 0.653. The number of hydrogen-bond acceptors (Lipinski definition) is 4. The number of rotatable bonds is 6. The van der Waals surface area contributed by atoms with Gasteiger partial charge in [-0.3, -0.25) is 4.79 Å². The fourth-order valence-corrected chi connectivity index (χ4v) is 3.95. The highest BCUT2D eigenvalue weighted by Crippen LogP contribution is 2.31. The first kappa shape index (κ1) is 19.5. The van der Waals surface area contributed by atoms with E-state index >= 15 is 0 Å². The molecule has 3 rings (SSSR count). The third-order valence-electron chi connectivity index (χ3n) is 4.25. The molecule has 0 fully saturated rings. The number of amides is 1. The Labute approximate surface area is 164 Å². The molecule has 0 radical (unpaired) electrons. The van der Waals surface area contributed by atoms with E-state index in [4.69, 9.17) is 0 Å². The van der Waals surface area contributed by atoms with Crippen LogP contribution in [0.1, 0.15) is 34.6 Å². The van der Waals surface area contributed by atoms with Gasteiger partial charge >= 0.3 is 0 Å². The SMILES string of the molecule is CCn1c(SCC(=O)NC(C)(C)C)nnc1-c1cn(CC)c2ccccc12. The number of nitrogens with one attached hydrogen (secondary N) is 1. The smallest absolute Gasteiger partial charge is 0.230 e. The largest absolute Gasteiger partial charge is 0.351 e. The van der Waals surface area contributed by atoms with Crippen LogP contribution in [0.4, 0.5) is 0 Å². The van der Waals surface area contributed by atoms with E-state index in [1.165, 1.54) is 22.7 Å². The average Bonchev–Trinajstić information content (AvgIpc) is 3.19. The van der Waals surface area contributed by atoms with Gasteiger partial charge in [0.2, 0.25) is 5.91 Å². The molecule has 0 aliphatic heterocycles. The second-order valence-corrected chi connectivity index (χ2v) is 8.43. The third-order valence-corrected chi connectivity index (χ3v) is 5.22. The van der Waals surface area contributed by atoms with Crippen LogP contribution < -0.4 is 5.32 Å². The van der Waals surface area contributed by atoms with Crippen molar-refractivity contribution in [2.75, 3.05) is 5.75 Å². The highest BCUT2D eigenvalue weighted by molar-refractivity contribution is 7.99. The maximum atomic E-state index is 12.1. The number of carbonyl (C=O) groups excluding carboxylic acids is 1. The predicted molar refractivity (Wildman–Crippen MR) is 111 cm³/mol. The van der Waals surface area contributed by atoms with Crippen LogP contribution >= 0.6 is 11.8 Å². The summed E-state index contributed by atoms with van der Waals surface area (Å²) in [5.41, 5.74) is 2.04. The number of hydrogen-bond donors (Lipinski definition) is 1. The van der Waals surface area contributed by atoms with Gasteiger partial charge in [-0.05, 0) is 40.7 Å². The van der Waals surface area contributed by atoms with Gasteiger partial charge in [0.25, 0.3) is 0 Å². The number of nitrogens with zero attached hydrogens (tertiary/aromatic N) is 4. The molecule has 2 heterocycles. The van der Waals surface area contributed by atoms with Gasteiger partial charge in [0, 0.05) is 41.3 Å². The fourth-order valence-electron chi connectivity index (χ4n) is 3.15. The first-order valence-corrected chi connectivity index (χ1v) is 10.3. The van der Waals surface area contributed by atoms with Crippen molar-refractivity contribution in [2.45, 2.75) is 58.4 Å². The van der Waals surface area contributed by atoms with E-state index in [1.807, 2.05) is 26.8 Å². The first-order valence-electron chi connectivity index (χ1n) is 9.29. The van der Waals surface area contributed by atoms with Crippen molar-refractivity contribution in [1.29, 1.82) is 0 Å². The molecule has 0 saturated carbocycles. The molecule has 1 aromatic carbocycles. The van der Waals surface area contributed by atoms with E-state index in [1.54, 1.807) is 0 Å². The van der Waals surface area contributed by atoms with Gasteiger partial charge in [-0.25, -0.2) is 0 Å². The standard InChI is InChI=1S/C20H27N5OS/c1-6-24-12-15(14-10-8-9-11-16(14)24)18-22-23-19(25(18)7-2)27-13-17(26)21-20(3,4)5/h8-12H,6-7,13H2,1-5H3,(H,21,26). The molecule has 0 saturated heterocycles. The van der Waals surface area contributed by atoms with Crippen LogP contribution in [-0.4, -0.2) is 36.5 Å². The Hall–Kier alpha value is -2.28. The van der Waals surface area contributed by atoms with E-state index in [2.05, 4.69) is 62.9 Å². The third kappa shape index (κ3) is 4.18. The van der Waals surface area contributed by atoms with Gasteiger partial charge in [-0.15, -0.1) is 10.2 Å². The number of para-hydroxylation sites is 1. The summed E-state index contributed by atoms with van der Waals surface area (Å²) < 4.78 is 4.31. The molecule has 3 aromatic rings. The molecule has 0 atom stereocenters. The van der Waals surface area contributed by atoms with E-state index in [9.17, 15) is 4.79 Å². The van der Waals surface area contributed by atoms with Crippen LogP contribution in [-0.2, 0) is 17.9 Å². The van der Waals surface area contributed by atoms with Gasteiger partial charge in [0.05, 0.1) is 5.75 Å². The molecule has 27 heavy (non-hydrogen) atoms. The maximum absolute atomic E-state index is 12.1.